The van der Waals surface area contributed by atoms with Gasteiger partial charge in [-0.2, -0.15) is 5.10 Å². The number of aromatic nitrogens is 4. The van der Waals surface area contributed by atoms with E-state index in [0.29, 0.717) is 5.56 Å². The van der Waals surface area contributed by atoms with Crippen LogP contribution in [0.3, 0.4) is 0 Å². The lowest BCUT2D eigenvalue weighted by atomic mass is 10.0. The number of carbonyl (C=O) groups excluding carboxylic acids is 1. The summed E-state index contributed by atoms with van der Waals surface area (Å²) in [5.74, 6) is 0.0665. The summed E-state index contributed by atoms with van der Waals surface area (Å²) in [6.45, 7) is 14.3. The second-order valence-corrected chi connectivity index (χ2v) is 8.57. The maximum Gasteiger partial charge on any atom is 0.252 e. The fourth-order valence-corrected chi connectivity index (χ4v) is 3.23. The van der Waals surface area contributed by atoms with Crippen molar-refractivity contribution in [1.82, 2.24) is 25.1 Å². The molecule has 3 rings (SSSR count). The van der Waals surface area contributed by atoms with Gasteiger partial charge in [0.25, 0.3) is 5.91 Å². The minimum atomic E-state index is -0.232. The molecule has 6 nitrogen and oxygen atoms in total. The molecular formula is C22H29N5O. The third kappa shape index (κ3) is 3.77. The van der Waals surface area contributed by atoms with Crippen LogP contribution in [0.25, 0.3) is 11.0 Å². The maximum absolute atomic E-state index is 13.2. The lowest BCUT2D eigenvalue weighted by Gasteiger charge is -2.21. The molecule has 1 unspecified atom stereocenters. The van der Waals surface area contributed by atoms with Crippen LogP contribution in [0.15, 0.2) is 30.5 Å². The van der Waals surface area contributed by atoms with Crippen molar-refractivity contribution >= 4 is 16.9 Å². The Hall–Kier alpha value is -2.76. The molecule has 0 spiro atoms. The van der Waals surface area contributed by atoms with Crippen molar-refractivity contribution in [3.05, 3.63) is 53.1 Å². The van der Waals surface area contributed by atoms with Gasteiger partial charge < -0.3 is 5.32 Å². The Morgan fingerprint density at radius 3 is 2.43 bits per heavy atom. The summed E-state index contributed by atoms with van der Waals surface area (Å²) < 4.78 is 1.92. The van der Waals surface area contributed by atoms with Gasteiger partial charge in [0.15, 0.2) is 5.65 Å². The quantitative estimate of drug-likeness (QED) is 0.724. The lowest BCUT2D eigenvalue weighted by molar-refractivity contribution is 0.0940. The fourth-order valence-electron chi connectivity index (χ4n) is 3.23. The first-order chi connectivity index (χ1) is 13.1. The summed E-state index contributed by atoms with van der Waals surface area (Å²) in [6, 6.07) is 7.40. The molecule has 6 heteroatoms. The molecule has 0 radical (unpaired) electrons. The minimum absolute atomic E-state index is 0.135. The lowest BCUT2D eigenvalue weighted by Crippen LogP contribution is -2.28. The molecule has 0 aromatic carbocycles. The van der Waals surface area contributed by atoms with Gasteiger partial charge in [0.1, 0.15) is 0 Å². The number of aryl methyl sites for hydroxylation is 1. The van der Waals surface area contributed by atoms with Crippen LogP contribution in [0.5, 0.6) is 0 Å². The van der Waals surface area contributed by atoms with Crippen molar-refractivity contribution in [2.24, 2.45) is 0 Å². The van der Waals surface area contributed by atoms with E-state index in [2.05, 4.69) is 44.9 Å². The van der Waals surface area contributed by atoms with E-state index in [9.17, 15) is 4.79 Å². The Balaban J connectivity index is 2.11. The predicted molar refractivity (Wildman–Crippen MR) is 111 cm³/mol. The fraction of sp³-hybridized carbons (Fsp3) is 0.455. The summed E-state index contributed by atoms with van der Waals surface area (Å²) in [6.07, 6.45) is 1.73. The monoisotopic (exact) mass is 379 g/mol. The van der Waals surface area contributed by atoms with E-state index < -0.39 is 0 Å². The number of hydrogen-bond donors (Lipinski definition) is 1. The Kier molecular flexibility index (Phi) is 5.24. The Labute approximate surface area is 166 Å². The zero-order chi connectivity index (χ0) is 20.6. The number of hydrogen-bond acceptors (Lipinski definition) is 4. The summed E-state index contributed by atoms with van der Waals surface area (Å²) in [7, 11) is 0. The second-order valence-electron chi connectivity index (χ2n) is 8.57. The maximum atomic E-state index is 13.2. The van der Waals surface area contributed by atoms with Gasteiger partial charge in [-0.15, -0.1) is 0 Å². The highest BCUT2D eigenvalue weighted by Crippen LogP contribution is 2.29. The van der Waals surface area contributed by atoms with E-state index >= 15 is 0 Å². The van der Waals surface area contributed by atoms with Gasteiger partial charge in [-0.05, 0) is 58.7 Å². The third-order valence-electron chi connectivity index (χ3n) is 4.78. The van der Waals surface area contributed by atoms with Crippen molar-refractivity contribution in [3.63, 3.8) is 0 Å². The Morgan fingerprint density at radius 1 is 1.14 bits per heavy atom. The van der Waals surface area contributed by atoms with E-state index in [1.165, 1.54) is 0 Å². The SMILES string of the molecule is Cc1nn(C(C)(C)C)c2nc(C(C)C)cc(C(=O)NC(C)c3ccccn3)c12. The van der Waals surface area contributed by atoms with Gasteiger partial charge >= 0.3 is 0 Å². The number of pyridine rings is 2. The number of carbonyl (C=O) groups is 1. The molecule has 1 amide bonds. The molecule has 3 aromatic heterocycles. The molecular weight excluding hydrogens is 350 g/mol. The average molecular weight is 380 g/mol. The van der Waals surface area contributed by atoms with Crippen molar-refractivity contribution in [2.75, 3.05) is 0 Å². The van der Waals surface area contributed by atoms with Crippen molar-refractivity contribution in [3.8, 4) is 0 Å². The largest absolute Gasteiger partial charge is 0.344 e. The molecule has 0 aliphatic carbocycles. The first kappa shape index (κ1) is 20.0. The summed E-state index contributed by atoms with van der Waals surface area (Å²) in [5.41, 5.74) is 3.66. The molecule has 0 saturated heterocycles. The summed E-state index contributed by atoms with van der Waals surface area (Å²) in [5, 5.41) is 8.59. The van der Waals surface area contributed by atoms with E-state index in [0.717, 1.165) is 28.1 Å². The van der Waals surface area contributed by atoms with Crippen molar-refractivity contribution in [1.29, 1.82) is 0 Å². The van der Waals surface area contributed by atoms with Crippen LogP contribution in [0.2, 0.25) is 0 Å². The summed E-state index contributed by atoms with van der Waals surface area (Å²) in [4.78, 5) is 22.4. The molecule has 1 atom stereocenters. The minimum Gasteiger partial charge on any atom is -0.344 e. The van der Waals surface area contributed by atoms with Crippen LogP contribution in [0, 0.1) is 6.92 Å². The van der Waals surface area contributed by atoms with Crippen LogP contribution < -0.4 is 5.32 Å². The smallest absolute Gasteiger partial charge is 0.252 e. The predicted octanol–water partition coefficient (Wildman–Crippen LogP) is 4.50. The molecule has 0 fully saturated rings. The highest BCUT2D eigenvalue weighted by Gasteiger charge is 2.25. The summed E-state index contributed by atoms with van der Waals surface area (Å²) >= 11 is 0. The van der Waals surface area contributed by atoms with E-state index in [1.54, 1.807) is 6.20 Å². The van der Waals surface area contributed by atoms with Gasteiger partial charge in [-0.3, -0.25) is 9.78 Å². The van der Waals surface area contributed by atoms with Crippen LogP contribution >= 0.6 is 0 Å². The highest BCUT2D eigenvalue weighted by atomic mass is 16.1. The third-order valence-corrected chi connectivity index (χ3v) is 4.78. The van der Waals surface area contributed by atoms with Gasteiger partial charge in [-0.25, -0.2) is 9.67 Å². The average Bonchev–Trinajstić information content (AvgIpc) is 2.98. The number of rotatable bonds is 4. The molecule has 3 heterocycles. The molecule has 0 saturated carbocycles. The number of nitrogens with one attached hydrogen (secondary N) is 1. The first-order valence-electron chi connectivity index (χ1n) is 9.72. The van der Waals surface area contributed by atoms with E-state index in [1.807, 2.05) is 42.8 Å². The van der Waals surface area contributed by atoms with Crippen LogP contribution in [0.4, 0.5) is 0 Å². The van der Waals surface area contributed by atoms with E-state index in [4.69, 9.17) is 10.1 Å². The first-order valence-corrected chi connectivity index (χ1v) is 9.72. The number of nitrogens with zero attached hydrogens (tertiary/aromatic N) is 4. The molecule has 0 bridgehead atoms. The zero-order valence-electron chi connectivity index (χ0n) is 17.7. The standard InChI is InChI=1S/C22H29N5O/c1-13(2)18-12-16(21(28)24-14(3)17-10-8-9-11-23-17)19-15(4)26-27(20(19)25-18)22(5,6)7/h8-14H,1-7H3,(H,24,28). The van der Waals surface area contributed by atoms with Crippen LogP contribution in [0.1, 0.15) is 80.9 Å². The molecule has 1 N–H and O–H groups in total. The zero-order valence-corrected chi connectivity index (χ0v) is 17.7. The Morgan fingerprint density at radius 2 is 1.86 bits per heavy atom. The Bertz CT molecular complexity index is 999. The highest BCUT2D eigenvalue weighted by molar-refractivity contribution is 6.06. The number of amides is 1. The molecule has 0 aliphatic rings. The topological polar surface area (TPSA) is 72.7 Å². The molecule has 28 heavy (non-hydrogen) atoms. The van der Waals surface area contributed by atoms with Crippen LogP contribution in [-0.2, 0) is 5.54 Å². The molecule has 3 aromatic rings. The second kappa shape index (κ2) is 7.34. The van der Waals surface area contributed by atoms with E-state index in [-0.39, 0.29) is 23.4 Å². The molecule has 148 valence electrons. The normalized spacial score (nSPS) is 13.1. The van der Waals surface area contributed by atoms with Crippen molar-refractivity contribution < 1.29 is 4.79 Å². The van der Waals surface area contributed by atoms with Gasteiger partial charge in [0, 0.05) is 11.9 Å². The molecule has 0 aliphatic heterocycles. The van der Waals surface area contributed by atoms with Gasteiger partial charge in [-0.1, -0.05) is 19.9 Å². The van der Waals surface area contributed by atoms with Crippen molar-refractivity contribution in [2.45, 2.75) is 66.0 Å². The van der Waals surface area contributed by atoms with Gasteiger partial charge in [0.05, 0.1) is 33.9 Å². The van der Waals surface area contributed by atoms with Gasteiger partial charge in [0.2, 0.25) is 0 Å². The van der Waals surface area contributed by atoms with Crippen LogP contribution in [-0.4, -0.2) is 25.7 Å². The number of fused-ring (bicyclic) bond motifs is 1.